The molecule has 1 aliphatic carbocycles. The number of nitrogens with one attached hydrogen (secondary N) is 3. The predicted molar refractivity (Wildman–Crippen MR) is 109 cm³/mol. The normalized spacial score (nSPS) is 19.3. The average Bonchev–Trinajstić information content (AvgIpc) is 3.47. The van der Waals surface area contributed by atoms with E-state index in [0.717, 1.165) is 48.8 Å². The minimum absolute atomic E-state index is 0.0352. The second-order valence-corrected chi connectivity index (χ2v) is 8.08. The van der Waals surface area contributed by atoms with Crippen LogP contribution in [0.2, 0.25) is 0 Å². The molecule has 3 N–H and O–H groups in total. The number of likely N-dealkylation sites (tertiary alicyclic amines) is 1. The Bertz CT molecular complexity index is 884. The summed E-state index contributed by atoms with van der Waals surface area (Å²) in [5, 5.41) is 6.61. The van der Waals surface area contributed by atoms with Crippen LogP contribution in [0, 0.1) is 12.7 Å². The molecule has 7 nitrogen and oxygen atoms in total. The number of amides is 4. The predicted octanol–water partition coefficient (Wildman–Crippen LogP) is 3.09. The molecule has 29 heavy (non-hydrogen) atoms. The molecule has 8 heteroatoms. The zero-order valence-electron chi connectivity index (χ0n) is 16.9. The highest BCUT2D eigenvalue weighted by molar-refractivity contribution is 5.82. The highest BCUT2D eigenvalue weighted by atomic mass is 19.1. The lowest BCUT2D eigenvalue weighted by Gasteiger charge is -2.39. The molecule has 0 bridgehead atoms. The van der Waals surface area contributed by atoms with Crippen molar-refractivity contribution in [2.45, 2.75) is 51.2 Å². The van der Waals surface area contributed by atoms with Crippen LogP contribution in [0.15, 0.2) is 18.2 Å². The first kappa shape index (κ1) is 19.5. The topological polar surface area (TPSA) is 80.5 Å². The van der Waals surface area contributed by atoms with Crippen molar-refractivity contribution in [2.75, 3.05) is 20.1 Å². The molecule has 1 aromatic heterocycles. The van der Waals surface area contributed by atoms with Gasteiger partial charge in [-0.15, -0.1) is 0 Å². The number of hydrogen-bond acceptors (Lipinski definition) is 2. The van der Waals surface area contributed by atoms with Crippen molar-refractivity contribution >= 4 is 23.0 Å². The Morgan fingerprint density at radius 2 is 2.03 bits per heavy atom. The maximum Gasteiger partial charge on any atom is 0.318 e. The average molecular weight is 401 g/mol. The Morgan fingerprint density at radius 3 is 2.76 bits per heavy atom. The summed E-state index contributed by atoms with van der Waals surface area (Å²) in [4.78, 5) is 31.9. The van der Waals surface area contributed by atoms with E-state index < -0.39 is 0 Å². The fourth-order valence-electron chi connectivity index (χ4n) is 4.19. The SMILES string of the molecule is CNC(=O)N1CCCC(N(C(=O)NCc2cc3cc(C)c(F)cc3[nH]2)C2CC2)C1. The van der Waals surface area contributed by atoms with Crippen LogP contribution in [0.4, 0.5) is 14.0 Å². The molecule has 4 amide bonds. The number of H-pyrrole nitrogens is 1. The van der Waals surface area contributed by atoms with Crippen LogP contribution in [0.3, 0.4) is 0 Å². The molecule has 1 saturated carbocycles. The van der Waals surface area contributed by atoms with Gasteiger partial charge in [-0.2, -0.15) is 0 Å². The summed E-state index contributed by atoms with van der Waals surface area (Å²) in [6.45, 7) is 3.38. The molecule has 2 heterocycles. The number of urea groups is 2. The van der Waals surface area contributed by atoms with Crippen molar-refractivity contribution in [1.82, 2.24) is 25.4 Å². The molecule has 1 aromatic carbocycles. The van der Waals surface area contributed by atoms with Crippen molar-refractivity contribution in [1.29, 1.82) is 0 Å². The molecular formula is C21H28FN5O2. The number of carbonyl (C=O) groups excluding carboxylic acids is 2. The summed E-state index contributed by atoms with van der Waals surface area (Å²) in [5.41, 5.74) is 2.17. The van der Waals surface area contributed by atoms with Crippen LogP contribution in [-0.4, -0.2) is 59.1 Å². The molecular weight excluding hydrogens is 373 g/mol. The monoisotopic (exact) mass is 401 g/mol. The standard InChI is InChI=1S/C21H28FN5O2/c1-13-8-14-9-15(25-19(14)10-18(13)22)11-24-21(29)27(16-5-6-16)17-4-3-7-26(12-17)20(28)23-2/h8-10,16-17,25H,3-7,11-12H2,1-2H3,(H,23,28)(H,24,29). The Morgan fingerprint density at radius 1 is 1.24 bits per heavy atom. The number of aromatic nitrogens is 1. The first-order chi connectivity index (χ1) is 14.0. The molecule has 2 fully saturated rings. The van der Waals surface area contributed by atoms with Gasteiger partial charge in [0, 0.05) is 42.8 Å². The lowest BCUT2D eigenvalue weighted by Crippen LogP contribution is -2.56. The number of aromatic amines is 1. The van der Waals surface area contributed by atoms with Crippen molar-refractivity contribution < 1.29 is 14.0 Å². The minimum atomic E-state index is -0.243. The van der Waals surface area contributed by atoms with E-state index in [1.807, 2.05) is 11.0 Å². The molecule has 1 aliphatic heterocycles. The lowest BCUT2D eigenvalue weighted by atomic mass is 10.0. The van der Waals surface area contributed by atoms with Crippen LogP contribution in [-0.2, 0) is 6.54 Å². The van der Waals surface area contributed by atoms with Gasteiger partial charge < -0.3 is 25.4 Å². The highest BCUT2D eigenvalue weighted by Gasteiger charge is 2.39. The van der Waals surface area contributed by atoms with E-state index in [0.29, 0.717) is 18.7 Å². The lowest BCUT2D eigenvalue weighted by molar-refractivity contribution is 0.116. The quantitative estimate of drug-likeness (QED) is 0.736. The number of rotatable bonds is 4. The van der Waals surface area contributed by atoms with Crippen LogP contribution < -0.4 is 10.6 Å². The summed E-state index contributed by atoms with van der Waals surface area (Å²) in [7, 11) is 1.63. The molecule has 2 aliphatic rings. The smallest absolute Gasteiger partial charge is 0.318 e. The van der Waals surface area contributed by atoms with Gasteiger partial charge in [0.1, 0.15) is 5.82 Å². The van der Waals surface area contributed by atoms with E-state index in [2.05, 4.69) is 15.6 Å². The van der Waals surface area contributed by atoms with Gasteiger partial charge in [0.15, 0.2) is 0 Å². The summed E-state index contributed by atoms with van der Waals surface area (Å²) in [6, 6.07) is 5.33. The summed E-state index contributed by atoms with van der Waals surface area (Å²) in [5.74, 6) is -0.243. The minimum Gasteiger partial charge on any atom is -0.357 e. The van der Waals surface area contributed by atoms with E-state index in [1.54, 1.807) is 24.9 Å². The van der Waals surface area contributed by atoms with Gasteiger partial charge in [-0.25, -0.2) is 14.0 Å². The fourth-order valence-corrected chi connectivity index (χ4v) is 4.19. The third-order valence-electron chi connectivity index (χ3n) is 5.85. The van der Waals surface area contributed by atoms with Crippen LogP contribution >= 0.6 is 0 Å². The van der Waals surface area contributed by atoms with Crippen LogP contribution in [0.5, 0.6) is 0 Å². The van der Waals surface area contributed by atoms with Gasteiger partial charge in [0.2, 0.25) is 0 Å². The summed E-state index contributed by atoms with van der Waals surface area (Å²) >= 11 is 0. The summed E-state index contributed by atoms with van der Waals surface area (Å²) in [6.07, 6.45) is 3.81. The Balaban J connectivity index is 1.42. The number of nitrogens with zero attached hydrogens (tertiary/aromatic N) is 2. The molecule has 1 atom stereocenters. The van der Waals surface area contributed by atoms with Gasteiger partial charge >= 0.3 is 12.1 Å². The second-order valence-electron chi connectivity index (χ2n) is 8.08. The van der Waals surface area contributed by atoms with E-state index in [9.17, 15) is 14.0 Å². The Labute approximate surface area is 169 Å². The van der Waals surface area contributed by atoms with Gasteiger partial charge in [-0.05, 0) is 56.4 Å². The largest absolute Gasteiger partial charge is 0.357 e. The first-order valence-corrected chi connectivity index (χ1v) is 10.3. The van der Waals surface area contributed by atoms with E-state index in [-0.39, 0.29) is 30.0 Å². The molecule has 2 aromatic rings. The molecule has 0 radical (unpaired) electrons. The molecule has 1 unspecified atom stereocenters. The van der Waals surface area contributed by atoms with Gasteiger partial charge in [0.05, 0.1) is 12.6 Å². The third-order valence-corrected chi connectivity index (χ3v) is 5.85. The van der Waals surface area contributed by atoms with E-state index >= 15 is 0 Å². The summed E-state index contributed by atoms with van der Waals surface area (Å²) < 4.78 is 13.8. The Hall–Kier alpha value is -2.77. The fraction of sp³-hybridized carbons (Fsp3) is 0.524. The number of carbonyl (C=O) groups is 2. The number of halogens is 1. The van der Waals surface area contributed by atoms with E-state index in [1.165, 1.54) is 6.07 Å². The van der Waals surface area contributed by atoms with Gasteiger partial charge in [0.25, 0.3) is 0 Å². The third kappa shape index (κ3) is 4.16. The highest BCUT2D eigenvalue weighted by Crippen LogP contribution is 2.31. The number of fused-ring (bicyclic) bond motifs is 1. The van der Waals surface area contributed by atoms with Crippen molar-refractivity contribution in [3.8, 4) is 0 Å². The molecule has 156 valence electrons. The van der Waals surface area contributed by atoms with Crippen molar-refractivity contribution in [3.05, 3.63) is 35.3 Å². The second kappa shape index (κ2) is 7.93. The van der Waals surface area contributed by atoms with Crippen molar-refractivity contribution in [2.24, 2.45) is 0 Å². The maximum atomic E-state index is 13.8. The van der Waals surface area contributed by atoms with Crippen molar-refractivity contribution in [3.63, 3.8) is 0 Å². The Kier molecular flexibility index (Phi) is 5.34. The maximum absolute atomic E-state index is 13.8. The zero-order chi connectivity index (χ0) is 20.5. The molecule has 4 rings (SSSR count). The number of hydrogen-bond donors (Lipinski definition) is 3. The number of aryl methyl sites for hydroxylation is 1. The zero-order valence-corrected chi connectivity index (χ0v) is 16.9. The van der Waals surface area contributed by atoms with Gasteiger partial charge in [-0.3, -0.25) is 0 Å². The molecule has 1 saturated heterocycles. The molecule has 0 spiro atoms. The van der Waals surface area contributed by atoms with E-state index in [4.69, 9.17) is 0 Å². The van der Waals surface area contributed by atoms with Crippen LogP contribution in [0.25, 0.3) is 10.9 Å². The van der Waals surface area contributed by atoms with Gasteiger partial charge in [-0.1, -0.05) is 0 Å². The number of benzene rings is 1. The van der Waals surface area contributed by atoms with Crippen LogP contribution in [0.1, 0.15) is 36.9 Å². The number of piperidine rings is 1. The first-order valence-electron chi connectivity index (χ1n) is 10.3.